The molecular formula is C24H29N3O4. The molecule has 0 aliphatic carbocycles. The average molecular weight is 424 g/mol. The number of carbonyl (C=O) groups excluding carboxylic acids is 2. The second-order valence-corrected chi connectivity index (χ2v) is 8.29. The summed E-state index contributed by atoms with van der Waals surface area (Å²) in [6, 6.07) is 14.5. The van der Waals surface area contributed by atoms with Gasteiger partial charge < -0.3 is 25.1 Å². The molecule has 0 saturated carbocycles. The van der Waals surface area contributed by atoms with Crippen LogP contribution < -0.4 is 15.4 Å². The summed E-state index contributed by atoms with van der Waals surface area (Å²) in [5, 5.41) is 6.64. The van der Waals surface area contributed by atoms with Gasteiger partial charge in [-0.3, -0.25) is 4.79 Å². The van der Waals surface area contributed by atoms with Crippen molar-refractivity contribution in [3.63, 3.8) is 0 Å². The van der Waals surface area contributed by atoms with Crippen LogP contribution in [0.3, 0.4) is 0 Å². The Morgan fingerprint density at radius 3 is 2.48 bits per heavy atom. The molecule has 3 N–H and O–H groups in total. The van der Waals surface area contributed by atoms with Crippen molar-refractivity contribution >= 4 is 22.9 Å². The maximum atomic E-state index is 13.0. The van der Waals surface area contributed by atoms with Gasteiger partial charge >= 0.3 is 6.09 Å². The second-order valence-electron chi connectivity index (χ2n) is 8.29. The number of fused-ring (bicyclic) bond motifs is 1. The van der Waals surface area contributed by atoms with Crippen LogP contribution in [0.25, 0.3) is 10.9 Å². The van der Waals surface area contributed by atoms with Crippen LogP contribution in [-0.2, 0) is 22.5 Å². The highest BCUT2D eigenvalue weighted by molar-refractivity contribution is 5.88. The number of aromatic nitrogens is 1. The highest BCUT2D eigenvalue weighted by Gasteiger charge is 2.25. The minimum absolute atomic E-state index is 0.281. The van der Waals surface area contributed by atoms with Crippen molar-refractivity contribution in [2.24, 2.45) is 0 Å². The van der Waals surface area contributed by atoms with E-state index in [2.05, 4.69) is 15.6 Å². The summed E-state index contributed by atoms with van der Waals surface area (Å²) in [6.45, 7) is 5.62. The number of benzene rings is 2. The van der Waals surface area contributed by atoms with Gasteiger partial charge in [0.2, 0.25) is 5.91 Å². The van der Waals surface area contributed by atoms with E-state index in [1.54, 1.807) is 27.9 Å². The summed E-state index contributed by atoms with van der Waals surface area (Å²) in [5.41, 5.74) is 2.09. The van der Waals surface area contributed by atoms with E-state index in [0.717, 1.165) is 22.0 Å². The van der Waals surface area contributed by atoms with E-state index < -0.39 is 17.7 Å². The van der Waals surface area contributed by atoms with Crippen LogP contribution >= 0.6 is 0 Å². The number of hydrogen-bond donors (Lipinski definition) is 3. The number of carbonyl (C=O) groups is 2. The molecule has 1 heterocycles. The van der Waals surface area contributed by atoms with Gasteiger partial charge in [0, 0.05) is 35.6 Å². The SMILES string of the molecule is COc1ccccc1CNC(=O)[C@H](Cc1c[nH]c2ccccc12)NC(=O)OC(C)(C)C. The smallest absolute Gasteiger partial charge is 0.408 e. The third-order valence-electron chi connectivity index (χ3n) is 4.75. The summed E-state index contributed by atoms with van der Waals surface area (Å²) in [6.07, 6.45) is 1.55. The topological polar surface area (TPSA) is 92.5 Å². The van der Waals surface area contributed by atoms with Crippen molar-refractivity contribution in [3.8, 4) is 5.75 Å². The van der Waals surface area contributed by atoms with Gasteiger partial charge in [0.25, 0.3) is 0 Å². The first-order valence-electron chi connectivity index (χ1n) is 10.2. The van der Waals surface area contributed by atoms with Crippen LogP contribution in [0, 0.1) is 0 Å². The first-order chi connectivity index (χ1) is 14.8. The Morgan fingerprint density at radius 1 is 1.03 bits per heavy atom. The number of para-hydroxylation sites is 2. The van der Waals surface area contributed by atoms with E-state index in [0.29, 0.717) is 12.2 Å². The summed E-state index contributed by atoms with van der Waals surface area (Å²) >= 11 is 0. The molecule has 1 atom stereocenters. The number of aromatic amines is 1. The highest BCUT2D eigenvalue weighted by atomic mass is 16.6. The van der Waals surface area contributed by atoms with Gasteiger partial charge in [0.1, 0.15) is 17.4 Å². The van der Waals surface area contributed by atoms with Crippen molar-refractivity contribution in [1.82, 2.24) is 15.6 Å². The Labute approximate surface area is 182 Å². The number of hydrogen-bond acceptors (Lipinski definition) is 4. The van der Waals surface area contributed by atoms with E-state index >= 15 is 0 Å². The molecule has 3 aromatic rings. The molecular weight excluding hydrogens is 394 g/mol. The lowest BCUT2D eigenvalue weighted by atomic mass is 10.0. The van der Waals surface area contributed by atoms with Gasteiger partial charge in [0.05, 0.1) is 7.11 Å². The molecule has 164 valence electrons. The normalized spacial score (nSPS) is 12.3. The standard InChI is InChI=1S/C24H29N3O4/c1-24(2,3)31-23(29)27-20(13-17-15-25-19-11-7-6-10-18(17)19)22(28)26-14-16-9-5-8-12-21(16)30-4/h5-12,15,20,25H,13-14H2,1-4H3,(H,26,28)(H,27,29)/t20-/m0/s1. The molecule has 0 bridgehead atoms. The Bertz CT molecular complexity index is 1050. The third kappa shape index (κ3) is 6.01. The molecule has 1 aromatic heterocycles. The van der Waals surface area contributed by atoms with Crippen molar-refractivity contribution in [1.29, 1.82) is 0 Å². The summed E-state index contributed by atoms with van der Waals surface area (Å²) in [7, 11) is 1.59. The van der Waals surface area contributed by atoms with Crippen molar-refractivity contribution in [2.75, 3.05) is 7.11 Å². The number of alkyl carbamates (subject to hydrolysis) is 1. The van der Waals surface area contributed by atoms with Gasteiger partial charge in [-0.1, -0.05) is 36.4 Å². The van der Waals surface area contributed by atoms with Crippen LogP contribution in [0.2, 0.25) is 0 Å². The monoisotopic (exact) mass is 423 g/mol. The number of H-pyrrole nitrogens is 1. The van der Waals surface area contributed by atoms with Gasteiger partial charge in [-0.05, 0) is 38.5 Å². The lowest BCUT2D eigenvalue weighted by molar-refractivity contribution is -0.123. The maximum Gasteiger partial charge on any atom is 0.408 e. The van der Waals surface area contributed by atoms with E-state index in [-0.39, 0.29) is 12.5 Å². The third-order valence-corrected chi connectivity index (χ3v) is 4.75. The van der Waals surface area contributed by atoms with Crippen LogP contribution in [0.15, 0.2) is 54.7 Å². The molecule has 0 fully saturated rings. The zero-order valence-corrected chi connectivity index (χ0v) is 18.3. The van der Waals surface area contributed by atoms with Crippen LogP contribution in [-0.4, -0.2) is 35.7 Å². The fraction of sp³-hybridized carbons (Fsp3) is 0.333. The molecule has 7 heteroatoms. The molecule has 3 rings (SSSR count). The predicted octanol–water partition coefficient (Wildman–Crippen LogP) is 3.93. The van der Waals surface area contributed by atoms with Gasteiger partial charge in [-0.25, -0.2) is 4.79 Å². The molecule has 7 nitrogen and oxygen atoms in total. The number of ether oxygens (including phenoxy) is 2. The molecule has 0 radical (unpaired) electrons. The van der Waals surface area contributed by atoms with Crippen molar-refractivity contribution in [2.45, 2.75) is 45.4 Å². The van der Waals surface area contributed by atoms with Crippen LogP contribution in [0.4, 0.5) is 4.79 Å². The molecule has 0 aliphatic rings. The fourth-order valence-electron chi connectivity index (χ4n) is 3.33. The molecule has 0 aliphatic heterocycles. The number of methoxy groups -OCH3 is 1. The molecule has 2 aromatic carbocycles. The lowest BCUT2D eigenvalue weighted by Crippen LogP contribution is -2.49. The van der Waals surface area contributed by atoms with Gasteiger partial charge in [-0.15, -0.1) is 0 Å². The summed E-state index contributed by atoms with van der Waals surface area (Å²) < 4.78 is 10.7. The Balaban J connectivity index is 1.77. The minimum atomic E-state index is -0.802. The fourth-order valence-corrected chi connectivity index (χ4v) is 3.33. The van der Waals surface area contributed by atoms with Crippen LogP contribution in [0.5, 0.6) is 5.75 Å². The quantitative estimate of drug-likeness (QED) is 0.537. The minimum Gasteiger partial charge on any atom is -0.496 e. The Hall–Kier alpha value is -3.48. The molecule has 0 spiro atoms. The van der Waals surface area contributed by atoms with Gasteiger partial charge in [0.15, 0.2) is 0 Å². The molecule has 0 saturated heterocycles. The number of nitrogens with one attached hydrogen (secondary N) is 3. The van der Waals surface area contributed by atoms with E-state index in [1.165, 1.54) is 0 Å². The molecule has 31 heavy (non-hydrogen) atoms. The number of rotatable bonds is 7. The van der Waals surface area contributed by atoms with E-state index in [9.17, 15) is 9.59 Å². The zero-order valence-electron chi connectivity index (χ0n) is 18.3. The lowest BCUT2D eigenvalue weighted by Gasteiger charge is -2.23. The largest absolute Gasteiger partial charge is 0.496 e. The highest BCUT2D eigenvalue weighted by Crippen LogP contribution is 2.20. The average Bonchev–Trinajstić information content (AvgIpc) is 3.13. The Morgan fingerprint density at radius 2 is 1.74 bits per heavy atom. The van der Waals surface area contributed by atoms with E-state index in [4.69, 9.17) is 9.47 Å². The number of amides is 2. The maximum absolute atomic E-state index is 13.0. The predicted molar refractivity (Wildman–Crippen MR) is 120 cm³/mol. The summed E-state index contributed by atoms with van der Waals surface area (Å²) in [5.74, 6) is 0.387. The van der Waals surface area contributed by atoms with Gasteiger partial charge in [-0.2, -0.15) is 0 Å². The summed E-state index contributed by atoms with van der Waals surface area (Å²) in [4.78, 5) is 28.7. The Kier molecular flexibility index (Phi) is 6.84. The second kappa shape index (κ2) is 9.55. The molecule has 2 amide bonds. The van der Waals surface area contributed by atoms with E-state index in [1.807, 2.05) is 54.7 Å². The van der Waals surface area contributed by atoms with Crippen molar-refractivity contribution < 1.29 is 19.1 Å². The van der Waals surface area contributed by atoms with Crippen molar-refractivity contribution in [3.05, 3.63) is 65.9 Å². The first kappa shape index (κ1) is 22.2. The molecule has 0 unspecified atom stereocenters. The first-order valence-corrected chi connectivity index (χ1v) is 10.2. The van der Waals surface area contributed by atoms with Crippen LogP contribution in [0.1, 0.15) is 31.9 Å². The zero-order chi connectivity index (χ0) is 22.4.